The van der Waals surface area contributed by atoms with Crippen molar-refractivity contribution in [1.82, 2.24) is 0 Å². The maximum atomic E-state index is 13.5. The van der Waals surface area contributed by atoms with Crippen LogP contribution in [0.4, 0.5) is 11.4 Å². The second-order valence-corrected chi connectivity index (χ2v) is 9.90. The molecule has 3 heteroatoms. The summed E-state index contributed by atoms with van der Waals surface area (Å²) in [5.74, 6) is 0.238. The fourth-order valence-electron chi connectivity index (χ4n) is 5.60. The van der Waals surface area contributed by atoms with Gasteiger partial charge in [-0.2, -0.15) is 0 Å². The van der Waals surface area contributed by atoms with Crippen LogP contribution in [0.25, 0.3) is 10.8 Å². The van der Waals surface area contributed by atoms with Gasteiger partial charge >= 0.3 is 0 Å². The van der Waals surface area contributed by atoms with E-state index in [2.05, 4.69) is 98.6 Å². The van der Waals surface area contributed by atoms with Crippen molar-refractivity contribution in [3.05, 3.63) is 83.1 Å². The van der Waals surface area contributed by atoms with Gasteiger partial charge in [-0.1, -0.05) is 56.3 Å². The van der Waals surface area contributed by atoms with Gasteiger partial charge in [0.05, 0.1) is 0 Å². The molecule has 1 N–H and O–H groups in total. The molecule has 1 aliphatic carbocycles. The molecule has 0 bridgehead atoms. The van der Waals surface area contributed by atoms with Crippen molar-refractivity contribution in [2.75, 3.05) is 23.3 Å². The third-order valence-electron chi connectivity index (χ3n) is 7.11. The normalized spacial score (nSPS) is 19.4. The smallest absolute Gasteiger partial charge is 0.162 e. The molecule has 1 aliphatic heterocycles. The van der Waals surface area contributed by atoms with E-state index < -0.39 is 0 Å². The zero-order chi connectivity index (χ0) is 22.5. The van der Waals surface area contributed by atoms with Crippen LogP contribution in [0.5, 0.6) is 0 Å². The zero-order valence-corrected chi connectivity index (χ0v) is 19.5. The van der Waals surface area contributed by atoms with Gasteiger partial charge in [-0.15, -0.1) is 0 Å². The molecule has 164 valence electrons. The van der Waals surface area contributed by atoms with Crippen LogP contribution in [-0.2, 0) is 4.79 Å². The van der Waals surface area contributed by atoms with E-state index in [1.165, 1.54) is 27.6 Å². The molecule has 3 aromatic carbocycles. The van der Waals surface area contributed by atoms with Crippen molar-refractivity contribution < 1.29 is 4.79 Å². The van der Waals surface area contributed by atoms with E-state index in [4.69, 9.17) is 0 Å². The molecule has 0 saturated carbocycles. The summed E-state index contributed by atoms with van der Waals surface area (Å²) in [7, 11) is 0. The summed E-state index contributed by atoms with van der Waals surface area (Å²) >= 11 is 0. The van der Waals surface area contributed by atoms with Gasteiger partial charge in [0.15, 0.2) is 5.78 Å². The number of nitrogens with zero attached hydrogens (tertiary/aromatic N) is 1. The van der Waals surface area contributed by atoms with E-state index in [-0.39, 0.29) is 17.1 Å². The highest BCUT2D eigenvalue weighted by atomic mass is 16.1. The molecule has 0 amide bonds. The summed E-state index contributed by atoms with van der Waals surface area (Å²) < 4.78 is 0. The van der Waals surface area contributed by atoms with Gasteiger partial charge in [0.2, 0.25) is 0 Å². The predicted molar refractivity (Wildman–Crippen MR) is 134 cm³/mol. The van der Waals surface area contributed by atoms with Crippen molar-refractivity contribution in [2.24, 2.45) is 5.41 Å². The van der Waals surface area contributed by atoms with E-state index in [1.807, 2.05) is 0 Å². The van der Waals surface area contributed by atoms with Crippen LogP contribution in [0.1, 0.15) is 57.6 Å². The van der Waals surface area contributed by atoms with E-state index in [1.54, 1.807) is 0 Å². The molecule has 0 aromatic heterocycles. The minimum absolute atomic E-state index is 0.0194. The molecule has 1 heterocycles. The molecule has 0 radical (unpaired) electrons. The van der Waals surface area contributed by atoms with Crippen molar-refractivity contribution in [2.45, 2.75) is 46.5 Å². The number of ketones is 1. The number of carbonyl (C=O) groups is 1. The van der Waals surface area contributed by atoms with Crippen molar-refractivity contribution in [1.29, 1.82) is 0 Å². The summed E-state index contributed by atoms with van der Waals surface area (Å²) in [6, 6.07) is 21.8. The standard InChI is InChI=1S/C29H32N2O/c1-5-31(6-2)21-14-11-20(12-15-21)26-27-22-10-8-7-9-19(22)13-16-23(27)30-24-17-29(3,4)18-25(32)28(24)26/h7-16,26,30H,5-6,17-18H2,1-4H3/t26-/m0/s1. The molecule has 3 nitrogen and oxygen atoms in total. The van der Waals surface area contributed by atoms with E-state index in [9.17, 15) is 4.79 Å². The average molecular weight is 425 g/mol. The molecular weight excluding hydrogens is 392 g/mol. The number of nitrogens with one attached hydrogen (secondary N) is 1. The highest BCUT2D eigenvalue weighted by molar-refractivity contribution is 6.04. The Morgan fingerprint density at radius 1 is 0.938 bits per heavy atom. The Morgan fingerprint density at radius 2 is 1.66 bits per heavy atom. The van der Waals surface area contributed by atoms with Crippen molar-refractivity contribution >= 4 is 27.9 Å². The molecule has 0 saturated heterocycles. The first-order valence-corrected chi connectivity index (χ1v) is 11.8. The highest BCUT2D eigenvalue weighted by Gasteiger charge is 2.41. The number of anilines is 2. The molecule has 5 rings (SSSR count). The Balaban J connectivity index is 1.72. The quantitative estimate of drug-likeness (QED) is 0.495. The largest absolute Gasteiger partial charge is 0.372 e. The zero-order valence-electron chi connectivity index (χ0n) is 19.5. The lowest BCUT2D eigenvalue weighted by Gasteiger charge is -2.40. The number of carbonyl (C=O) groups excluding carboxylic acids is 1. The van der Waals surface area contributed by atoms with Crippen LogP contribution < -0.4 is 10.2 Å². The van der Waals surface area contributed by atoms with Gasteiger partial charge in [-0.3, -0.25) is 4.79 Å². The number of hydrogen-bond acceptors (Lipinski definition) is 3. The van der Waals surface area contributed by atoms with Crippen LogP contribution >= 0.6 is 0 Å². The first-order chi connectivity index (χ1) is 15.4. The first-order valence-electron chi connectivity index (χ1n) is 11.8. The van der Waals surface area contributed by atoms with E-state index >= 15 is 0 Å². The van der Waals surface area contributed by atoms with Crippen molar-refractivity contribution in [3.8, 4) is 0 Å². The molecular formula is C29H32N2O. The topological polar surface area (TPSA) is 32.3 Å². The second kappa shape index (κ2) is 7.81. The Kier molecular flexibility index (Phi) is 5.08. The predicted octanol–water partition coefficient (Wildman–Crippen LogP) is 6.89. The Morgan fingerprint density at radius 3 is 2.38 bits per heavy atom. The fourth-order valence-corrected chi connectivity index (χ4v) is 5.60. The number of fused-ring (bicyclic) bond motifs is 3. The van der Waals surface area contributed by atoms with Gasteiger partial charge < -0.3 is 10.2 Å². The second-order valence-electron chi connectivity index (χ2n) is 9.90. The molecule has 0 spiro atoms. The summed E-state index contributed by atoms with van der Waals surface area (Å²) in [6.07, 6.45) is 1.50. The summed E-state index contributed by atoms with van der Waals surface area (Å²) in [4.78, 5) is 15.9. The maximum Gasteiger partial charge on any atom is 0.162 e. The monoisotopic (exact) mass is 424 g/mol. The van der Waals surface area contributed by atoms with Gasteiger partial charge in [0.25, 0.3) is 0 Å². The van der Waals surface area contributed by atoms with E-state index in [0.717, 1.165) is 36.5 Å². The minimum Gasteiger partial charge on any atom is -0.372 e. The van der Waals surface area contributed by atoms with Gasteiger partial charge in [-0.25, -0.2) is 0 Å². The SMILES string of the molecule is CCN(CC)c1ccc([C@@H]2C3=C(CC(C)(C)CC3=O)Nc3ccc4ccccc4c32)cc1. The number of allylic oxidation sites excluding steroid dienone is 2. The first kappa shape index (κ1) is 20.8. The van der Waals surface area contributed by atoms with Crippen LogP contribution in [-0.4, -0.2) is 18.9 Å². The fraction of sp³-hybridized carbons (Fsp3) is 0.345. The lowest BCUT2D eigenvalue weighted by atomic mass is 9.68. The van der Waals surface area contributed by atoms with Crippen molar-refractivity contribution in [3.63, 3.8) is 0 Å². The minimum atomic E-state index is -0.0401. The third kappa shape index (κ3) is 3.40. The maximum absolute atomic E-state index is 13.5. The van der Waals surface area contributed by atoms with Gasteiger partial charge in [-0.05, 0) is 65.8 Å². The lowest BCUT2D eigenvalue weighted by molar-refractivity contribution is -0.118. The Hall–Kier alpha value is -3.07. The molecule has 3 aromatic rings. The number of hydrogen-bond donors (Lipinski definition) is 1. The molecule has 2 aliphatic rings. The number of Topliss-reactive ketones (excluding diaryl/α,β-unsaturated/α-hetero) is 1. The average Bonchev–Trinajstić information content (AvgIpc) is 2.78. The third-order valence-corrected chi connectivity index (χ3v) is 7.11. The number of benzene rings is 3. The lowest BCUT2D eigenvalue weighted by Crippen LogP contribution is -2.34. The molecule has 1 atom stereocenters. The molecule has 0 unspecified atom stereocenters. The Labute approximate surface area is 191 Å². The highest BCUT2D eigenvalue weighted by Crippen LogP contribution is 2.50. The van der Waals surface area contributed by atoms with Crippen LogP contribution in [0, 0.1) is 5.41 Å². The number of rotatable bonds is 4. The van der Waals surface area contributed by atoms with Gasteiger partial charge in [0, 0.05) is 48.1 Å². The van der Waals surface area contributed by atoms with Gasteiger partial charge in [0.1, 0.15) is 0 Å². The van der Waals surface area contributed by atoms with Crippen LogP contribution in [0.15, 0.2) is 71.9 Å². The summed E-state index contributed by atoms with van der Waals surface area (Å²) in [6.45, 7) is 10.7. The van der Waals surface area contributed by atoms with E-state index in [0.29, 0.717) is 6.42 Å². The van der Waals surface area contributed by atoms with Crippen LogP contribution in [0.2, 0.25) is 0 Å². The van der Waals surface area contributed by atoms with Crippen LogP contribution in [0.3, 0.4) is 0 Å². The summed E-state index contributed by atoms with van der Waals surface area (Å²) in [5, 5.41) is 6.11. The molecule has 32 heavy (non-hydrogen) atoms. The Bertz CT molecular complexity index is 1220. The molecule has 0 fully saturated rings. The summed E-state index contributed by atoms with van der Waals surface area (Å²) in [5.41, 5.74) is 6.83.